The molecule has 0 radical (unpaired) electrons. The van der Waals surface area contributed by atoms with Crippen molar-refractivity contribution in [1.29, 1.82) is 0 Å². The summed E-state index contributed by atoms with van der Waals surface area (Å²) in [6.07, 6.45) is 6.81. The molecule has 2 heterocycles. The Morgan fingerprint density at radius 1 is 1.43 bits per heavy atom. The maximum Gasteiger partial charge on any atom is 0.263 e. The van der Waals surface area contributed by atoms with Crippen molar-refractivity contribution in [1.82, 2.24) is 20.2 Å². The lowest BCUT2D eigenvalue weighted by atomic mass is 9.88. The van der Waals surface area contributed by atoms with E-state index in [1.807, 2.05) is 0 Å². The van der Waals surface area contributed by atoms with Gasteiger partial charge in [0.25, 0.3) is 5.56 Å². The lowest BCUT2D eigenvalue weighted by molar-refractivity contribution is 0.000351. The normalized spacial score (nSPS) is 22.5. The van der Waals surface area contributed by atoms with E-state index in [4.69, 9.17) is 4.74 Å². The van der Waals surface area contributed by atoms with Crippen LogP contribution in [0.3, 0.4) is 0 Å². The van der Waals surface area contributed by atoms with Gasteiger partial charge in [0.2, 0.25) is 5.95 Å². The van der Waals surface area contributed by atoms with Crippen molar-refractivity contribution in [3.8, 4) is 0 Å². The first-order chi connectivity index (χ1) is 10.2. The number of aromatic nitrogens is 4. The number of nitrogens with one attached hydrogen (secondary N) is 3. The average Bonchev–Trinajstić information content (AvgIpc) is 2.94. The first-order valence-corrected chi connectivity index (χ1v) is 7.53. The molecule has 1 saturated carbocycles. The Kier molecular flexibility index (Phi) is 4.19. The van der Waals surface area contributed by atoms with E-state index in [0.717, 1.165) is 6.42 Å². The molecule has 0 aliphatic heterocycles. The second-order valence-electron chi connectivity index (χ2n) is 5.64. The van der Waals surface area contributed by atoms with Crippen LogP contribution in [0.25, 0.3) is 11.0 Å². The molecular weight excluding hydrogens is 270 g/mol. The highest BCUT2D eigenvalue weighted by molar-refractivity contribution is 5.73. The maximum absolute atomic E-state index is 11.8. The molecule has 2 aromatic heterocycles. The minimum absolute atomic E-state index is 0.196. The zero-order valence-corrected chi connectivity index (χ0v) is 12.2. The van der Waals surface area contributed by atoms with E-state index < -0.39 is 0 Å². The fourth-order valence-electron chi connectivity index (χ4n) is 2.84. The summed E-state index contributed by atoms with van der Waals surface area (Å²) in [4.78, 5) is 18.7. The van der Waals surface area contributed by atoms with Gasteiger partial charge in [-0.2, -0.15) is 10.1 Å². The summed E-state index contributed by atoms with van der Waals surface area (Å²) in [6, 6.07) is 0. The molecule has 2 unspecified atom stereocenters. The highest BCUT2D eigenvalue weighted by Crippen LogP contribution is 2.26. The third kappa shape index (κ3) is 3.24. The highest BCUT2D eigenvalue weighted by Gasteiger charge is 2.21. The number of hydrogen-bond donors (Lipinski definition) is 3. The first kappa shape index (κ1) is 14.1. The Bertz CT molecular complexity index is 650. The minimum Gasteiger partial charge on any atom is -0.376 e. The molecule has 1 aliphatic carbocycles. The fourth-order valence-corrected chi connectivity index (χ4v) is 2.84. The van der Waals surface area contributed by atoms with Gasteiger partial charge in [-0.3, -0.25) is 14.9 Å². The summed E-state index contributed by atoms with van der Waals surface area (Å²) >= 11 is 0. The second-order valence-corrected chi connectivity index (χ2v) is 5.64. The molecule has 3 rings (SSSR count). The van der Waals surface area contributed by atoms with Crippen molar-refractivity contribution >= 4 is 17.0 Å². The molecule has 2 aromatic rings. The van der Waals surface area contributed by atoms with Gasteiger partial charge in [0.15, 0.2) is 5.65 Å². The van der Waals surface area contributed by atoms with E-state index in [0.29, 0.717) is 42.2 Å². The molecular formula is C14H21N5O2. The number of fused-ring (bicyclic) bond motifs is 1. The van der Waals surface area contributed by atoms with Crippen LogP contribution >= 0.6 is 0 Å². The number of ether oxygens (including phenoxy) is 1. The summed E-state index contributed by atoms with van der Waals surface area (Å²) in [5, 5.41) is 10.1. The minimum atomic E-state index is -0.196. The number of hydrogen-bond acceptors (Lipinski definition) is 5. The average molecular weight is 291 g/mol. The first-order valence-electron chi connectivity index (χ1n) is 7.53. The Morgan fingerprint density at radius 3 is 3.14 bits per heavy atom. The van der Waals surface area contributed by atoms with Gasteiger partial charge in [0.1, 0.15) is 5.39 Å². The van der Waals surface area contributed by atoms with Gasteiger partial charge < -0.3 is 10.1 Å². The molecule has 0 saturated heterocycles. The number of aromatic amines is 2. The summed E-state index contributed by atoms with van der Waals surface area (Å²) in [7, 11) is 0. The number of nitrogens with zero attached hydrogens (tertiary/aromatic N) is 2. The van der Waals surface area contributed by atoms with E-state index in [-0.39, 0.29) is 5.56 Å². The monoisotopic (exact) mass is 291 g/mol. The topological polar surface area (TPSA) is 95.7 Å². The van der Waals surface area contributed by atoms with Crippen molar-refractivity contribution in [3.05, 3.63) is 16.6 Å². The largest absolute Gasteiger partial charge is 0.376 e. The van der Waals surface area contributed by atoms with Crippen LogP contribution < -0.4 is 10.9 Å². The predicted molar refractivity (Wildman–Crippen MR) is 80.4 cm³/mol. The number of anilines is 1. The van der Waals surface area contributed by atoms with Crippen molar-refractivity contribution in [2.24, 2.45) is 5.92 Å². The lowest BCUT2D eigenvalue weighted by Crippen LogP contribution is -2.28. The Hall–Kier alpha value is -1.89. The summed E-state index contributed by atoms with van der Waals surface area (Å²) in [6.45, 7) is 3.48. The second kappa shape index (κ2) is 6.26. The molecule has 3 N–H and O–H groups in total. The molecule has 21 heavy (non-hydrogen) atoms. The van der Waals surface area contributed by atoms with Gasteiger partial charge in [-0.25, -0.2) is 0 Å². The molecule has 2 atom stereocenters. The molecule has 114 valence electrons. The lowest BCUT2D eigenvalue weighted by Gasteiger charge is -2.28. The fraction of sp³-hybridized carbons (Fsp3) is 0.643. The van der Waals surface area contributed by atoms with Crippen LogP contribution in [0, 0.1) is 5.92 Å². The van der Waals surface area contributed by atoms with Crippen LogP contribution in [-0.2, 0) is 4.74 Å². The van der Waals surface area contributed by atoms with Crippen molar-refractivity contribution in [2.45, 2.75) is 38.7 Å². The van der Waals surface area contributed by atoms with Gasteiger partial charge in [0.05, 0.1) is 18.9 Å². The molecule has 1 fully saturated rings. The van der Waals surface area contributed by atoms with Crippen LogP contribution in [0.4, 0.5) is 5.95 Å². The highest BCUT2D eigenvalue weighted by atomic mass is 16.5. The van der Waals surface area contributed by atoms with E-state index in [9.17, 15) is 4.79 Å². The SMILES string of the molecule is CC1CCCCC1OCCNc1nc2[nH]ncc2c(=O)[nH]1. The zero-order valence-electron chi connectivity index (χ0n) is 12.2. The van der Waals surface area contributed by atoms with Crippen molar-refractivity contribution in [2.75, 3.05) is 18.5 Å². The van der Waals surface area contributed by atoms with Gasteiger partial charge >= 0.3 is 0 Å². The zero-order chi connectivity index (χ0) is 14.7. The van der Waals surface area contributed by atoms with Crippen molar-refractivity contribution < 1.29 is 4.74 Å². The third-order valence-corrected chi connectivity index (χ3v) is 4.08. The Morgan fingerprint density at radius 2 is 2.29 bits per heavy atom. The van der Waals surface area contributed by atoms with Crippen molar-refractivity contribution in [3.63, 3.8) is 0 Å². The summed E-state index contributed by atoms with van der Waals surface area (Å²) in [5.41, 5.74) is 0.293. The molecule has 0 bridgehead atoms. The number of H-pyrrole nitrogens is 2. The quantitative estimate of drug-likeness (QED) is 0.728. The molecule has 7 nitrogen and oxygen atoms in total. The summed E-state index contributed by atoms with van der Waals surface area (Å²) < 4.78 is 5.92. The van der Waals surface area contributed by atoms with Gasteiger partial charge in [-0.05, 0) is 18.8 Å². The maximum atomic E-state index is 11.8. The third-order valence-electron chi connectivity index (χ3n) is 4.08. The van der Waals surface area contributed by atoms with E-state index >= 15 is 0 Å². The van der Waals surface area contributed by atoms with E-state index in [1.165, 1.54) is 25.5 Å². The number of rotatable bonds is 5. The van der Waals surface area contributed by atoms with Gasteiger partial charge in [-0.1, -0.05) is 19.8 Å². The molecule has 1 aliphatic rings. The smallest absolute Gasteiger partial charge is 0.263 e. The van der Waals surface area contributed by atoms with Gasteiger partial charge in [0, 0.05) is 6.54 Å². The molecule has 0 spiro atoms. The summed E-state index contributed by atoms with van der Waals surface area (Å²) in [5.74, 6) is 1.08. The van der Waals surface area contributed by atoms with Crippen LogP contribution in [0.15, 0.2) is 11.0 Å². The van der Waals surface area contributed by atoms with Crippen LogP contribution in [-0.4, -0.2) is 39.4 Å². The van der Waals surface area contributed by atoms with Crippen LogP contribution in [0.1, 0.15) is 32.6 Å². The van der Waals surface area contributed by atoms with Crippen LogP contribution in [0.5, 0.6) is 0 Å². The van der Waals surface area contributed by atoms with E-state index in [2.05, 4.69) is 32.4 Å². The molecule has 7 heteroatoms. The predicted octanol–water partition coefficient (Wildman–Crippen LogP) is 1.65. The van der Waals surface area contributed by atoms with E-state index in [1.54, 1.807) is 0 Å². The van der Waals surface area contributed by atoms with Gasteiger partial charge in [-0.15, -0.1) is 0 Å². The Labute approximate surface area is 122 Å². The standard InChI is InChI=1S/C14H21N5O2/c1-9-4-2-3-5-11(9)21-7-6-15-14-17-12-10(8-16-19-12)13(20)18-14/h8-9,11H,2-7H2,1H3,(H3,15,16,17,18,19,20). The Balaban J connectivity index is 1.51. The molecule has 0 amide bonds. The molecule has 0 aromatic carbocycles. The van der Waals surface area contributed by atoms with Crippen LogP contribution in [0.2, 0.25) is 0 Å².